The van der Waals surface area contributed by atoms with Crippen molar-refractivity contribution in [1.82, 2.24) is 0 Å². The maximum atomic E-state index is 10.7. The Morgan fingerprint density at radius 1 is 1.44 bits per heavy atom. The van der Waals surface area contributed by atoms with Gasteiger partial charge in [0, 0.05) is 19.6 Å². The van der Waals surface area contributed by atoms with E-state index in [1.165, 1.54) is 19.2 Å². The minimum Gasteiger partial charge on any atom is -0.508 e. The first kappa shape index (κ1) is 12.3. The van der Waals surface area contributed by atoms with Crippen molar-refractivity contribution in [3.05, 3.63) is 23.8 Å². The molecule has 16 heavy (non-hydrogen) atoms. The van der Waals surface area contributed by atoms with Crippen molar-refractivity contribution in [3.8, 4) is 11.5 Å². The Hall–Kier alpha value is -1.75. The summed E-state index contributed by atoms with van der Waals surface area (Å²) in [6.45, 7) is 1.87. The third-order valence-electron chi connectivity index (χ3n) is 2.00. The first-order valence-electron chi connectivity index (χ1n) is 4.83. The summed E-state index contributed by atoms with van der Waals surface area (Å²) in [5, 5.41) is 18.1. The van der Waals surface area contributed by atoms with Crippen LogP contribution in [0.4, 0.5) is 0 Å². The van der Waals surface area contributed by atoms with Crippen molar-refractivity contribution in [3.63, 3.8) is 0 Å². The largest absolute Gasteiger partial charge is 0.508 e. The van der Waals surface area contributed by atoms with Gasteiger partial charge in [0.15, 0.2) is 6.29 Å². The maximum Gasteiger partial charge on any atom is 0.335 e. The van der Waals surface area contributed by atoms with E-state index in [2.05, 4.69) is 0 Å². The van der Waals surface area contributed by atoms with Gasteiger partial charge in [-0.3, -0.25) is 0 Å². The van der Waals surface area contributed by atoms with Crippen LogP contribution in [0.3, 0.4) is 0 Å². The zero-order valence-corrected chi connectivity index (χ0v) is 9.14. The Balaban J connectivity index is 2.91. The standard InChI is InChI=1S/C11H14O5/c1-3-10(15-2)16-9-5-7(11(13)14)4-8(12)6-9/h4-6,10,12H,3H2,1-2H3,(H,13,14). The molecule has 0 aliphatic heterocycles. The molecule has 0 aliphatic rings. The average molecular weight is 226 g/mol. The van der Waals surface area contributed by atoms with E-state index in [0.29, 0.717) is 6.42 Å². The van der Waals surface area contributed by atoms with Gasteiger partial charge in [-0.15, -0.1) is 0 Å². The van der Waals surface area contributed by atoms with E-state index in [1.807, 2.05) is 6.92 Å². The number of rotatable bonds is 5. The highest BCUT2D eigenvalue weighted by atomic mass is 16.7. The van der Waals surface area contributed by atoms with Crippen LogP contribution in [0.1, 0.15) is 23.7 Å². The Morgan fingerprint density at radius 3 is 2.62 bits per heavy atom. The molecule has 0 saturated heterocycles. The Bertz CT molecular complexity index is 371. The van der Waals surface area contributed by atoms with Crippen molar-refractivity contribution in [1.29, 1.82) is 0 Å². The number of aromatic carboxylic acids is 1. The summed E-state index contributed by atoms with van der Waals surface area (Å²) < 4.78 is 10.3. The van der Waals surface area contributed by atoms with Crippen LogP contribution in [-0.4, -0.2) is 29.6 Å². The number of benzene rings is 1. The van der Waals surface area contributed by atoms with Crippen LogP contribution < -0.4 is 4.74 Å². The van der Waals surface area contributed by atoms with Crippen LogP contribution >= 0.6 is 0 Å². The lowest BCUT2D eigenvalue weighted by atomic mass is 10.2. The maximum absolute atomic E-state index is 10.7. The summed E-state index contributed by atoms with van der Waals surface area (Å²) >= 11 is 0. The van der Waals surface area contributed by atoms with Crippen molar-refractivity contribution in [2.24, 2.45) is 0 Å². The highest BCUT2D eigenvalue weighted by molar-refractivity contribution is 5.88. The van der Waals surface area contributed by atoms with Crippen molar-refractivity contribution >= 4 is 5.97 Å². The number of hydrogen-bond acceptors (Lipinski definition) is 4. The smallest absolute Gasteiger partial charge is 0.335 e. The van der Waals surface area contributed by atoms with Gasteiger partial charge in [0.1, 0.15) is 11.5 Å². The quantitative estimate of drug-likeness (QED) is 0.749. The fourth-order valence-corrected chi connectivity index (χ4v) is 1.22. The van der Waals surface area contributed by atoms with Crippen molar-refractivity contribution < 1.29 is 24.5 Å². The number of phenolic OH excluding ortho intramolecular Hbond substituents is 1. The summed E-state index contributed by atoms with van der Waals surface area (Å²) in [5.74, 6) is -1.00. The molecule has 88 valence electrons. The molecule has 0 fully saturated rings. The van der Waals surface area contributed by atoms with Gasteiger partial charge in [0.05, 0.1) is 5.56 Å². The first-order chi connectivity index (χ1) is 7.56. The third kappa shape index (κ3) is 3.13. The van der Waals surface area contributed by atoms with Gasteiger partial charge in [-0.05, 0) is 12.1 Å². The number of methoxy groups -OCH3 is 1. The lowest BCUT2D eigenvalue weighted by Gasteiger charge is -2.15. The normalized spacial score (nSPS) is 12.1. The molecule has 1 atom stereocenters. The molecule has 1 aromatic carbocycles. The minimum atomic E-state index is -1.12. The van der Waals surface area contributed by atoms with Crippen LogP contribution in [0.5, 0.6) is 11.5 Å². The molecule has 2 N–H and O–H groups in total. The van der Waals surface area contributed by atoms with Crippen LogP contribution in [0, 0.1) is 0 Å². The van der Waals surface area contributed by atoms with Gasteiger partial charge in [0.25, 0.3) is 0 Å². The molecule has 0 saturated carbocycles. The van der Waals surface area contributed by atoms with E-state index in [4.69, 9.17) is 14.6 Å². The predicted molar refractivity (Wildman–Crippen MR) is 56.8 cm³/mol. The second kappa shape index (κ2) is 5.37. The Labute approximate surface area is 93.2 Å². The lowest BCUT2D eigenvalue weighted by Crippen LogP contribution is -2.17. The second-order valence-corrected chi connectivity index (χ2v) is 3.21. The van der Waals surface area contributed by atoms with E-state index in [0.717, 1.165) is 6.07 Å². The van der Waals surface area contributed by atoms with Gasteiger partial charge < -0.3 is 19.7 Å². The van der Waals surface area contributed by atoms with Crippen LogP contribution in [-0.2, 0) is 4.74 Å². The molecule has 0 aromatic heterocycles. The minimum absolute atomic E-state index is 0.0269. The highest BCUT2D eigenvalue weighted by Gasteiger charge is 2.11. The van der Waals surface area contributed by atoms with Crippen LogP contribution in [0.2, 0.25) is 0 Å². The monoisotopic (exact) mass is 226 g/mol. The molecular weight excluding hydrogens is 212 g/mol. The van der Waals surface area contributed by atoms with Crippen molar-refractivity contribution in [2.75, 3.05) is 7.11 Å². The number of hydrogen-bond donors (Lipinski definition) is 2. The van der Waals surface area contributed by atoms with Gasteiger partial charge in [-0.25, -0.2) is 4.79 Å². The fraction of sp³-hybridized carbons (Fsp3) is 0.364. The van der Waals surface area contributed by atoms with Gasteiger partial charge in [-0.1, -0.05) is 6.92 Å². The molecular formula is C11H14O5. The van der Waals surface area contributed by atoms with Crippen LogP contribution in [0.25, 0.3) is 0 Å². The van der Waals surface area contributed by atoms with E-state index < -0.39 is 12.3 Å². The Morgan fingerprint density at radius 2 is 2.12 bits per heavy atom. The zero-order chi connectivity index (χ0) is 12.1. The molecule has 0 aliphatic carbocycles. The second-order valence-electron chi connectivity index (χ2n) is 3.21. The van der Waals surface area contributed by atoms with E-state index >= 15 is 0 Å². The number of carbonyl (C=O) groups is 1. The van der Waals surface area contributed by atoms with Gasteiger partial charge >= 0.3 is 5.97 Å². The predicted octanol–water partition coefficient (Wildman–Crippen LogP) is 1.85. The molecule has 0 bridgehead atoms. The van der Waals surface area contributed by atoms with Gasteiger partial charge in [0.2, 0.25) is 0 Å². The average Bonchev–Trinajstić information content (AvgIpc) is 2.25. The molecule has 0 amide bonds. The molecule has 1 aromatic rings. The van der Waals surface area contributed by atoms with E-state index in [9.17, 15) is 9.90 Å². The summed E-state index contributed by atoms with van der Waals surface area (Å²) in [7, 11) is 1.50. The van der Waals surface area contributed by atoms with Gasteiger partial charge in [-0.2, -0.15) is 0 Å². The van der Waals surface area contributed by atoms with Crippen molar-refractivity contribution in [2.45, 2.75) is 19.6 Å². The van der Waals surface area contributed by atoms with E-state index in [1.54, 1.807) is 0 Å². The number of aromatic hydroxyl groups is 1. The molecule has 0 heterocycles. The Kier molecular flexibility index (Phi) is 4.13. The number of carboxylic acids is 1. The molecule has 0 radical (unpaired) electrons. The van der Waals surface area contributed by atoms with Crippen LogP contribution in [0.15, 0.2) is 18.2 Å². The molecule has 1 rings (SSSR count). The summed E-state index contributed by atoms with van der Waals surface area (Å²) in [6, 6.07) is 3.83. The summed E-state index contributed by atoms with van der Waals surface area (Å²) in [4.78, 5) is 10.7. The molecule has 1 unspecified atom stereocenters. The molecule has 5 heteroatoms. The van der Waals surface area contributed by atoms with E-state index in [-0.39, 0.29) is 17.1 Å². The zero-order valence-electron chi connectivity index (χ0n) is 9.14. The number of carboxylic acid groups (broad SMARTS) is 1. The third-order valence-corrected chi connectivity index (χ3v) is 2.00. The molecule has 0 spiro atoms. The summed E-state index contributed by atoms with van der Waals surface area (Å²) in [6.07, 6.45) is 0.164. The SMILES string of the molecule is CCC(OC)Oc1cc(O)cc(C(=O)O)c1. The topological polar surface area (TPSA) is 76.0 Å². The lowest BCUT2D eigenvalue weighted by molar-refractivity contribution is -0.0549. The number of ether oxygens (including phenoxy) is 2. The highest BCUT2D eigenvalue weighted by Crippen LogP contribution is 2.23. The fourth-order valence-electron chi connectivity index (χ4n) is 1.22. The molecule has 5 nitrogen and oxygen atoms in total. The first-order valence-corrected chi connectivity index (χ1v) is 4.83. The summed E-state index contributed by atoms with van der Waals surface area (Å²) in [5.41, 5.74) is -0.0269. The number of phenols is 1.